The topological polar surface area (TPSA) is 70.1 Å². The predicted octanol–water partition coefficient (Wildman–Crippen LogP) is 2.85. The summed E-state index contributed by atoms with van der Waals surface area (Å²) in [5, 5.41) is 3.83. The molecule has 1 aromatic carbocycles. The van der Waals surface area contributed by atoms with Crippen molar-refractivity contribution >= 4 is 12.2 Å². The number of halogens is 3. The quantitative estimate of drug-likeness (QED) is 0.676. The highest BCUT2D eigenvalue weighted by atomic mass is 19.4. The van der Waals surface area contributed by atoms with Crippen molar-refractivity contribution in [3.8, 4) is 0 Å². The number of hydrogen-bond donors (Lipinski definition) is 2. The smallest absolute Gasteiger partial charge is 0.291 e. The normalized spacial score (nSPS) is 11.9. The molecule has 0 saturated heterocycles. The van der Waals surface area contributed by atoms with E-state index in [1.165, 1.54) is 18.3 Å². The standard InChI is InChI=1S/C14H13F3N4O/c1-8-9(2)19-13(20-12(8)22)21-18-7-10-3-5-11(6-4-10)14(15,16)17/h3-7H,1-2H3,(H2,19,20,21,22)/b18-7-. The summed E-state index contributed by atoms with van der Waals surface area (Å²) in [5.41, 5.74) is 3.08. The Morgan fingerprint density at radius 1 is 1.23 bits per heavy atom. The third-order valence-electron chi connectivity index (χ3n) is 3.02. The summed E-state index contributed by atoms with van der Waals surface area (Å²) in [7, 11) is 0. The largest absolute Gasteiger partial charge is 0.416 e. The Bertz CT molecular complexity index is 748. The van der Waals surface area contributed by atoms with Crippen LogP contribution in [0.3, 0.4) is 0 Å². The van der Waals surface area contributed by atoms with Crippen molar-refractivity contribution in [2.75, 3.05) is 5.43 Å². The van der Waals surface area contributed by atoms with Crippen LogP contribution in [-0.2, 0) is 6.18 Å². The number of hydrazone groups is 1. The first kappa shape index (κ1) is 15.7. The Kier molecular flexibility index (Phi) is 4.30. The Morgan fingerprint density at radius 3 is 2.41 bits per heavy atom. The Morgan fingerprint density at radius 2 is 1.86 bits per heavy atom. The Hall–Kier alpha value is -2.64. The highest BCUT2D eigenvalue weighted by molar-refractivity contribution is 5.80. The van der Waals surface area contributed by atoms with E-state index >= 15 is 0 Å². The van der Waals surface area contributed by atoms with Gasteiger partial charge in [-0.1, -0.05) is 12.1 Å². The first-order valence-electron chi connectivity index (χ1n) is 6.31. The fraction of sp³-hybridized carbons (Fsp3) is 0.214. The first-order valence-corrected chi connectivity index (χ1v) is 6.31. The summed E-state index contributed by atoms with van der Waals surface area (Å²) in [6.45, 7) is 3.34. The van der Waals surface area contributed by atoms with Crippen LogP contribution in [0.4, 0.5) is 19.1 Å². The van der Waals surface area contributed by atoms with Gasteiger partial charge in [-0.05, 0) is 31.5 Å². The lowest BCUT2D eigenvalue weighted by Crippen LogP contribution is -2.15. The van der Waals surface area contributed by atoms with Gasteiger partial charge in [-0.3, -0.25) is 9.78 Å². The number of aromatic nitrogens is 2. The molecule has 116 valence electrons. The third kappa shape index (κ3) is 3.72. The van der Waals surface area contributed by atoms with E-state index < -0.39 is 11.7 Å². The number of anilines is 1. The van der Waals surface area contributed by atoms with Crippen LogP contribution in [0.15, 0.2) is 34.2 Å². The maximum atomic E-state index is 12.4. The van der Waals surface area contributed by atoms with Crippen LogP contribution in [-0.4, -0.2) is 16.2 Å². The molecule has 2 aromatic rings. The van der Waals surface area contributed by atoms with Gasteiger partial charge in [0.15, 0.2) is 0 Å². The van der Waals surface area contributed by atoms with Gasteiger partial charge in [-0.2, -0.15) is 18.3 Å². The van der Waals surface area contributed by atoms with Crippen LogP contribution in [0.25, 0.3) is 0 Å². The molecule has 22 heavy (non-hydrogen) atoms. The molecule has 0 unspecified atom stereocenters. The molecule has 2 N–H and O–H groups in total. The summed E-state index contributed by atoms with van der Waals surface area (Å²) in [4.78, 5) is 18.1. The molecule has 0 saturated carbocycles. The SMILES string of the molecule is Cc1nc(N/N=C\c2ccc(C(F)(F)F)cc2)[nH]c(=O)c1C. The summed E-state index contributed by atoms with van der Waals surface area (Å²) < 4.78 is 37.2. The van der Waals surface area contributed by atoms with Crippen LogP contribution in [0, 0.1) is 13.8 Å². The Labute approximate surface area is 123 Å². The monoisotopic (exact) mass is 310 g/mol. The van der Waals surface area contributed by atoms with Crippen molar-refractivity contribution in [1.29, 1.82) is 0 Å². The van der Waals surface area contributed by atoms with E-state index in [0.29, 0.717) is 16.8 Å². The van der Waals surface area contributed by atoms with Gasteiger partial charge in [0.2, 0.25) is 5.95 Å². The summed E-state index contributed by atoms with van der Waals surface area (Å²) in [6, 6.07) is 4.53. The van der Waals surface area contributed by atoms with Crippen LogP contribution < -0.4 is 11.0 Å². The molecule has 0 atom stereocenters. The van der Waals surface area contributed by atoms with Gasteiger partial charge in [0.25, 0.3) is 5.56 Å². The van der Waals surface area contributed by atoms with Gasteiger partial charge >= 0.3 is 6.18 Å². The molecular weight excluding hydrogens is 297 g/mol. The lowest BCUT2D eigenvalue weighted by molar-refractivity contribution is -0.137. The number of aromatic amines is 1. The van der Waals surface area contributed by atoms with Gasteiger partial charge in [0.1, 0.15) is 0 Å². The third-order valence-corrected chi connectivity index (χ3v) is 3.02. The average molecular weight is 310 g/mol. The van der Waals surface area contributed by atoms with Gasteiger partial charge in [-0.15, -0.1) is 0 Å². The van der Waals surface area contributed by atoms with Crippen LogP contribution in [0.1, 0.15) is 22.4 Å². The fourth-order valence-electron chi connectivity index (χ4n) is 1.62. The molecule has 0 fully saturated rings. The van der Waals surface area contributed by atoms with Gasteiger partial charge in [0.05, 0.1) is 11.8 Å². The lowest BCUT2D eigenvalue weighted by Gasteiger charge is -2.06. The average Bonchev–Trinajstić information content (AvgIpc) is 2.44. The number of aryl methyl sites for hydroxylation is 1. The molecule has 0 radical (unpaired) electrons. The maximum Gasteiger partial charge on any atom is 0.416 e. The minimum Gasteiger partial charge on any atom is -0.291 e. The van der Waals surface area contributed by atoms with Gasteiger partial charge in [-0.25, -0.2) is 10.4 Å². The van der Waals surface area contributed by atoms with Crippen molar-refractivity contribution in [3.63, 3.8) is 0 Å². The van der Waals surface area contributed by atoms with E-state index in [2.05, 4.69) is 20.5 Å². The molecule has 1 heterocycles. The fourth-order valence-corrected chi connectivity index (χ4v) is 1.62. The minimum absolute atomic E-state index is 0.163. The molecule has 0 aliphatic heterocycles. The van der Waals surface area contributed by atoms with E-state index in [0.717, 1.165) is 12.1 Å². The van der Waals surface area contributed by atoms with E-state index in [9.17, 15) is 18.0 Å². The minimum atomic E-state index is -4.36. The molecule has 0 bridgehead atoms. The number of rotatable bonds is 3. The number of H-pyrrole nitrogens is 1. The zero-order chi connectivity index (χ0) is 16.3. The van der Waals surface area contributed by atoms with Crippen molar-refractivity contribution < 1.29 is 13.2 Å². The molecular formula is C14H13F3N4O. The first-order chi connectivity index (χ1) is 10.3. The van der Waals surface area contributed by atoms with Crippen molar-refractivity contribution in [1.82, 2.24) is 9.97 Å². The summed E-state index contributed by atoms with van der Waals surface area (Å²) in [5.74, 6) is 0.163. The highest BCUT2D eigenvalue weighted by Crippen LogP contribution is 2.28. The molecule has 1 aromatic heterocycles. The second-order valence-electron chi connectivity index (χ2n) is 4.61. The van der Waals surface area contributed by atoms with E-state index in [1.807, 2.05) is 0 Å². The van der Waals surface area contributed by atoms with E-state index in [-0.39, 0.29) is 11.5 Å². The van der Waals surface area contributed by atoms with Crippen LogP contribution in [0.2, 0.25) is 0 Å². The molecule has 0 aliphatic carbocycles. The van der Waals surface area contributed by atoms with E-state index in [4.69, 9.17) is 0 Å². The van der Waals surface area contributed by atoms with Gasteiger partial charge in [0, 0.05) is 11.3 Å². The van der Waals surface area contributed by atoms with Crippen molar-refractivity contribution in [2.24, 2.45) is 5.10 Å². The molecule has 8 heteroatoms. The number of nitrogens with one attached hydrogen (secondary N) is 2. The molecule has 2 rings (SSSR count). The second kappa shape index (κ2) is 6.00. The lowest BCUT2D eigenvalue weighted by atomic mass is 10.1. The number of nitrogens with zero attached hydrogens (tertiary/aromatic N) is 2. The van der Waals surface area contributed by atoms with Crippen LogP contribution in [0.5, 0.6) is 0 Å². The van der Waals surface area contributed by atoms with Gasteiger partial charge < -0.3 is 0 Å². The summed E-state index contributed by atoms with van der Waals surface area (Å²) >= 11 is 0. The van der Waals surface area contributed by atoms with E-state index in [1.54, 1.807) is 13.8 Å². The predicted molar refractivity (Wildman–Crippen MR) is 77.0 cm³/mol. The van der Waals surface area contributed by atoms with Crippen molar-refractivity contribution in [3.05, 3.63) is 57.0 Å². The zero-order valence-corrected chi connectivity index (χ0v) is 11.8. The molecule has 0 spiro atoms. The summed E-state index contributed by atoms with van der Waals surface area (Å²) in [6.07, 6.45) is -3.04. The molecule has 5 nitrogen and oxygen atoms in total. The Balaban J connectivity index is 2.08. The molecule has 0 amide bonds. The van der Waals surface area contributed by atoms with Crippen LogP contribution >= 0.6 is 0 Å². The number of alkyl halides is 3. The zero-order valence-electron chi connectivity index (χ0n) is 11.8. The maximum absolute atomic E-state index is 12.4. The highest BCUT2D eigenvalue weighted by Gasteiger charge is 2.29. The molecule has 0 aliphatic rings. The van der Waals surface area contributed by atoms with Crippen molar-refractivity contribution in [2.45, 2.75) is 20.0 Å². The second-order valence-corrected chi connectivity index (χ2v) is 4.61. The number of benzene rings is 1. The number of hydrogen-bond acceptors (Lipinski definition) is 4.